The maximum atomic E-state index is 5.68. The summed E-state index contributed by atoms with van der Waals surface area (Å²) in [4.78, 5) is 0. The Hall–Kier alpha value is -0.120. The Labute approximate surface area is 99.9 Å². The van der Waals surface area contributed by atoms with E-state index in [0.717, 1.165) is 39.3 Å². The van der Waals surface area contributed by atoms with Crippen molar-refractivity contribution in [1.29, 1.82) is 0 Å². The molecule has 0 aromatic rings. The Morgan fingerprint density at radius 2 is 2.00 bits per heavy atom. The van der Waals surface area contributed by atoms with Crippen LogP contribution in [0.15, 0.2) is 0 Å². The molecule has 0 aromatic heterocycles. The molecule has 1 fully saturated rings. The summed E-state index contributed by atoms with van der Waals surface area (Å²) in [7, 11) is 0. The molecule has 16 heavy (non-hydrogen) atoms. The molecule has 96 valence electrons. The first kappa shape index (κ1) is 13.9. The largest absolute Gasteiger partial charge is 0.381 e. The molecule has 1 aliphatic rings. The van der Waals surface area contributed by atoms with E-state index < -0.39 is 0 Å². The van der Waals surface area contributed by atoms with Crippen LogP contribution in [0.2, 0.25) is 0 Å². The number of nitrogens with one attached hydrogen (secondary N) is 1. The van der Waals surface area contributed by atoms with Gasteiger partial charge in [-0.1, -0.05) is 6.92 Å². The zero-order valence-corrected chi connectivity index (χ0v) is 11.1. The van der Waals surface area contributed by atoms with Crippen molar-refractivity contribution in [3.63, 3.8) is 0 Å². The highest BCUT2D eigenvalue weighted by Crippen LogP contribution is 2.33. The fourth-order valence-corrected chi connectivity index (χ4v) is 2.22. The number of rotatable bonds is 7. The molecule has 0 aromatic carbocycles. The van der Waals surface area contributed by atoms with Crippen LogP contribution >= 0.6 is 0 Å². The summed E-state index contributed by atoms with van der Waals surface area (Å²) >= 11 is 0. The molecular weight excluding hydrogens is 202 g/mol. The summed E-state index contributed by atoms with van der Waals surface area (Å²) in [6, 6.07) is 0. The Balaban J connectivity index is 2.36. The third kappa shape index (κ3) is 4.81. The number of ether oxygens (including phenoxy) is 2. The minimum atomic E-state index is 0.344. The highest BCUT2D eigenvalue weighted by molar-refractivity contribution is 4.84. The van der Waals surface area contributed by atoms with Crippen molar-refractivity contribution in [1.82, 2.24) is 5.32 Å². The third-order valence-electron chi connectivity index (χ3n) is 3.39. The number of hydrogen-bond donors (Lipinski definition) is 1. The normalized spacial score (nSPS) is 20.2. The second kappa shape index (κ2) is 7.25. The molecule has 1 aliphatic heterocycles. The average molecular weight is 229 g/mol. The van der Waals surface area contributed by atoms with Gasteiger partial charge < -0.3 is 14.8 Å². The number of hydrogen-bond acceptors (Lipinski definition) is 3. The SMILES string of the molecule is CCNCC1(CCOC(C)C)CCOCC1. The van der Waals surface area contributed by atoms with Crippen molar-refractivity contribution in [3.05, 3.63) is 0 Å². The predicted molar refractivity (Wildman–Crippen MR) is 66.7 cm³/mol. The second-order valence-electron chi connectivity index (χ2n) is 5.06. The molecular formula is C13H27NO2. The quantitative estimate of drug-likeness (QED) is 0.726. The van der Waals surface area contributed by atoms with Gasteiger partial charge in [-0.2, -0.15) is 0 Å². The lowest BCUT2D eigenvalue weighted by Crippen LogP contribution is -2.40. The smallest absolute Gasteiger partial charge is 0.0518 e. The van der Waals surface area contributed by atoms with Crippen LogP contribution in [-0.2, 0) is 9.47 Å². The summed E-state index contributed by atoms with van der Waals surface area (Å²) in [5, 5.41) is 3.49. The molecule has 0 spiro atoms. The zero-order chi connectivity index (χ0) is 11.9. The molecule has 0 amide bonds. The van der Waals surface area contributed by atoms with Crippen LogP contribution in [0.4, 0.5) is 0 Å². The van der Waals surface area contributed by atoms with Crippen molar-refractivity contribution in [2.45, 2.75) is 46.1 Å². The molecule has 0 atom stereocenters. The molecule has 1 heterocycles. The van der Waals surface area contributed by atoms with Gasteiger partial charge in [-0.15, -0.1) is 0 Å². The van der Waals surface area contributed by atoms with Crippen LogP contribution < -0.4 is 5.32 Å². The van der Waals surface area contributed by atoms with Crippen LogP contribution in [0.5, 0.6) is 0 Å². The Morgan fingerprint density at radius 1 is 1.31 bits per heavy atom. The van der Waals surface area contributed by atoms with E-state index >= 15 is 0 Å². The molecule has 0 radical (unpaired) electrons. The van der Waals surface area contributed by atoms with E-state index in [-0.39, 0.29) is 0 Å². The minimum absolute atomic E-state index is 0.344. The summed E-state index contributed by atoms with van der Waals surface area (Å²) in [6.45, 7) is 11.2. The van der Waals surface area contributed by atoms with Gasteiger partial charge in [0.1, 0.15) is 0 Å². The van der Waals surface area contributed by atoms with Gasteiger partial charge in [0, 0.05) is 26.4 Å². The van der Waals surface area contributed by atoms with E-state index in [4.69, 9.17) is 9.47 Å². The van der Waals surface area contributed by atoms with Gasteiger partial charge in [-0.05, 0) is 45.1 Å². The van der Waals surface area contributed by atoms with Crippen LogP contribution in [0.1, 0.15) is 40.0 Å². The molecule has 0 unspecified atom stereocenters. The zero-order valence-electron chi connectivity index (χ0n) is 11.1. The highest BCUT2D eigenvalue weighted by Gasteiger charge is 2.31. The maximum Gasteiger partial charge on any atom is 0.0518 e. The molecule has 3 heteroatoms. The monoisotopic (exact) mass is 229 g/mol. The maximum absolute atomic E-state index is 5.68. The standard InChI is InChI=1S/C13H27NO2/c1-4-14-11-13(5-8-15-9-6-13)7-10-16-12(2)3/h12,14H,4-11H2,1-3H3. The van der Waals surface area contributed by atoms with Crippen molar-refractivity contribution in [2.24, 2.45) is 5.41 Å². The summed E-state index contributed by atoms with van der Waals surface area (Å²) in [5.74, 6) is 0. The summed E-state index contributed by atoms with van der Waals surface area (Å²) in [5.41, 5.74) is 0.406. The Kier molecular flexibility index (Phi) is 6.32. The average Bonchev–Trinajstić information content (AvgIpc) is 2.27. The molecule has 1 N–H and O–H groups in total. The van der Waals surface area contributed by atoms with Crippen LogP contribution in [-0.4, -0.2) is 39.0 Å². The first-order chi connectivity index (χ1) is 7.68. The van der Waals surface area contributed by atoms with Crippen molar-refractivity contribution >= 4 is 0 Å². The lowest BCUT2D eigenvalue weighted by molar-refractivity contribution is -0.0143. The Morgan fingerprint density at radius 3 is 2.56 bits per heavy atom. The Bertz CT molecular complexity index is 177. The lowest BCUT2D eigenvalue weighted by atomic mass is 9.77. The molecule has 0 aliphatic carbocycles. The van der Waals surface area contributed by atoms with E-state index in [1.54, 1.807) is 0 Å². The van der Waals surface area contributed by atoms with Gasteiger partial charge in [-0.3, -0.25) is 0 Å². The molecule has 1 rings (SSSR count). The highest BCUT2D eigenvalue weighted by atomic mass is 16.5. The van der Waals surface area contributed by atoms with Crippen molar-refractivity contribution in [3.8, 4) is 0 Å². The first-order valence-corrected chi connectivity index (χ1v) is 6.58. The van der Waals surface area contributed by atoms with Crippen molar-refractivity contribution in [2.75, 3.05) is 32.9 Å². The van der Waals surface area contributed by atoms with Gasteiger partial charge in [-0.25, -0.2) is 0 Å². The predicted octanol–water partition coefficient (Wildman–Crippen LogP) is 2.21. The molecule has 1 saturated heterocycles. The van der Waals surface area contributed by atoms with Crippen LogP contribution in [0.3, 0.4) is 0 Å². The fourth-order valence-electron chi connectivity index (χ4n) is 2.22. The molecule has 0 saturated carbocycles. The summed E-state index contributed by atoms with van der Waals surface area (Å²) in [6.07, 6.45) is 3.83. The topological polar surface area (TPSA) is 30.5 Å². The third-order valence-corrected chi connectivity index (χ3v) is 3.39. The second-order valence-corrected chi connectivity index (χ2v) is 5.06. The van der Waals surface area contributed by atoms with E-state index in [1.165, 1.54) is 12.8 Å². The van der Waals surface area contributed by atoms with E-state index in [0.29, 0.717) is 11.5 Å². The van der Waals surface area contributed by atoms with Crippen molar-refractivity contribution < 1.29 is 9.47 Å². The van der Waals surface area contributed by atoms with E-state index in [1.807, 2.05) is 0 Å². The minimum Gasteiger partial charge on any atom is -0.381 e. The van der Waals surface area contributed by atoms with Crippen LogP contribution in [0.25, 0.3) is 0 Å². The summed E-state index contributed by atoms with van der Waals surface area (Å²) < 4.78 is 11.1. The fraction of sp³-hybridized carbons (Fsp3) is 1.00. The van der Waals surface area contributed by atoms with E-state index in [9.17, 15) is 0 Å². The first-order valence-electron chi connectivity index (χ1n) is 6.58. The van der Waals surface area contributed by atoms with Gasteiger partial charge >= 0.3 is 0 Å². The van der Waals surface area contributed by atoms with Gasteiger partial charge in [0.25, 0.3) is 0 Å². The van der Waals surface area contributed by atoms with E-state index in [2.05, 4.69) is 26.1 Å². The van der Waals surface area contributed by atoms with Gasteiger partial charge in [0.15, 0.2) is 0 Å². The molecule has 3 nitrogen and oxygen atoms in total. The lowest BCUT2D eigenvalue weighted by Gasteiger charge is -2.37. The molecule has 0 bridgehead atoms. The van der Waals surface area contributed by atoms with Gasteiger partial charge in [0.05, 0.1) is 6.10 Å². The van der Waals surface area contributed by atoms with Gasteiger partial charge in [0.2, 0.25) is 0 Å². The van der Waals surface area contributed by atoms with Crippen LogP contribution in [0, 0.1) is 5.41 Å².